The highest BCUT2D eigenvalue weighted by atomic mass is 32.2. The minimum absolute atomic E-state index is 0.160. The lowest BCUT2D eigenvalue weighted by Gasteiger charge is -2.33. The molecule has 0 aromatic heterocycles. The molecule has 1 rings (SSSR count). The van der Waals surface area contributed by atoms with Gasteiger partial charge in [-0.2, -0.15) is 4.31 Å². The van der Waals surface area contributed by atoms with E-state index in [1.54, 1.807) is 24.3 Å². The van der Waals surface area contributed by atoms with E-state index in [2.05, 4.69) is 10.4 Å². The summed E-state index contributed by atoms with van der Waals surface area (Å²) >= 11 is 0. The van der Waals surface area contributed by atoms with Gasteiger partial charge in [0.25, 0.3) is 0 Å². The van der Waals surface area contributed by atoms with Crippen molar-refractivity contribution < 1.29 is 22.9 Å². The largest absolute Gasteiger partial charge is 0.497 e. The number of hydrogen-bond donors (Lipinski definition) is 1. The topological polar surface area (TPSA) is 123 Å². The normalized spacial score (nSPS) is 12.8. The predicted molar refractivity (Wildman–Crippen MR) is 119 cm³/mol. The maximum absolute atomic E-state index is 13.3. The molecule has 0 aliphatic heterocycles. The zero-order valence-corrected chi connectivity index (χ0v) is 19.9. The maximum Gasteiger partial charge on any atom is 0.358 e. The highest BCUT2D eigenvalue weighted by molar-refractivity contribution is 7.89. The fraction of sp³-hybridized carbons (Fsp3) is 0.650. The average molecular weight is 459 g/mol. The van der Waals surface area contributed by atoms with Crippen LogP contribution in [-0.4, -0.2) is 57.6 Å². The highest BCUT2D eigenvalue weighted by Gasteiger charge is 2.31. The number of hydrazone groups is 1. The summed E-state index contributed by atoms with van der Waals surface area (Å²) in [7, 11) is -0.836. The Morgan fingerprint density at radius 3 is 2.35 bits per heavy atom. The molecular formula is C20H34N4O6S. The van der Waals surface area contributed by atoms with Crippen molar-refractivity contribution in [3.63, 3.8) is 0 Å². The van der Waals surface area contributed by atoms with E-state index in [1.807, 2.05) is 27.7 Å². The van der Waals surface area contributed by atoms with E-state index in [1.165, 1.54) is 18.5 Å². The van der Waals surface area contributed by atoms with E-state index < -0.39 is 15.1 Å². The number of sulfonamides is 1. The lowest BCUT2D eigenvalue weighted by atomic mass is 9.87. The Balaban J connectivity index is 2.85. The fourth-order valence-electron chi connectivity index (χ4n) is 3.09. The zero-order chi connectivity index (χ0) is 23.7. The van der Waals surface area contributed by atoms with Gasteiger partial charge in [-0.05, 0) is 48.4 Å². The third-order valence-corrected chi connectivity index (χ3v) is 6.37. The maximum atomic E-state index is 13.3. The highest BCUT2D eigenvalue weighted by Crippen LogP contribution is 2.28. The lowest BCUT2D eigenvalue weighted by molar-refractivity contribution is -0.486. The molecule has 0 bridgehead atoms. The smallest absolute Gasteiger partial charge is 0.358 e. The number of rotatable bonds is 12. The Morgan fingerprint density at radius 1 is 1.26 bits per heavy atom. The third-order valence-electron chi connectivity index (χ3n) is 4.54. The van der Waals surface area contributed by atoms with Crippen LogP contribution in [0.1, 0.15) is 40.5 Å². The van der Waals surface area contributed by atoms with Gasteiger partial charge in [0.05, 0.1) is 19.1 Å². The van der Waals surface area contributed by atoms with Gasteiger partial charge in [0.2, 0.25) is 10.0 Å². The molecule has 10 nitrogen and oxygen atoms in total. The first kappa shape index (κ1) is 26.6. The molecular weight excluding hydrogens is 424 g/mol. The molecule has 0 aliphatic rings. The number of benzene rings is 1. The molecule has 176 valence electrons. The molecule has 0 heterocycles. The van der Waals surface area contributed by atoms with Crippen LogP contribution in [0, 0.1) is 21.4 Å². The first-order chi connectivity index (χ1) is 14.4. The number of ether oxygens (including phenoxy) is 2. The Morgan fingerprint density at radius 2 is 1.87 bits per heavy atom. The Hall–Kier alpha value is -2.40. The summed E-state index contributed by atoms with van der Waals surface area (Å²) in [6.45, 7) is 9.14. The molecule has 0 saturated heterocycles. The average Bonchev–Trinajstić information content (AvgIpc) is 2.69. The van der Waals surface area contributed by atoms with Gasteiger partial charge in [0, 0.05) is 19.6 Å². The van der Waals surface area contributed by atoms with Crippen molar-refractivity contribution in [3.8, 4) is 5.75 Å². The monoisotopic (exact) mass is 458 g/mol. The van der Waals surface area contributed by atoms with Crippen LogP contribution < -0.4 is 10.1 Å². The molecule has 1 aromatic rings. The fourth-order valence-corrected chi connectivity index (χ4v) is 4.88. The van der Waals surface area contributed by atoms with Gasteiger partial charge in [-0.1, -0.05) is 27.7 Å². The molecule has 0 amide bonds. The Kier molecular flexibility index (Phi) is 10.2. The van der Waals surface area contributed by atoms with E-state index in [-0.39, 0.29) is 22.3 Å². The second kappa shape index (κ2) is 11.8. The summed E-state index contributed by atoms with van der Waals surface area (Å²) in [5.74, 6) is 0.756. The molecule has 0 unspecified atom stereocenters. The van der Waals surface area contributed by atoms with Crippen LogP contribution in [0.3, 0.4) is 0 Å². The number of nitro groups is 1. The van der Waals surface area contributed by atoms with Crippen LogP contribution in [0.4, 0.5) is 0 Å². The number of amidine groups is 1. The number of nitrogens with one attached hydrogen (secondary N) is 1. The quantitative estimate of drug-likeness (QED) is 0.168. The molecule has 11 heteroatoms. The molecule has 0 fully saturated rings. The van der Waals surface area contributed by atoms with Gasteiger partial charge in [-0.3, -0.25) is 0 Å². The molecule has 1 N–H and O–H groups in total. The lowest BCUT2D eigenvalue weighted by Crippen LogP contribution is -2.41. The molecule has 0 saturated carbocycles. The number of nitrogens with zero attached hydrogens (tertiary/aromatic N) is 3. The van der Waals surface area contributed by atoms with Crippen LogP contribution in [-0.2, 0) is 14.8 Å². The SMILES string of the molecule is CO/C(=N\[N+](=O)[O-])NCCCC(C)(C)CN(CC(C)C)S(=O)(=O)c1ccc(OC)cc1. The van der Waals surface area contributed by atoms with E-state index in [9.17, 15) is 18.5 Å². The zero-order valence-electron chi connectivity index (χ0n) is 19.1. The summed E-state index contributed by atoms with van der Waals surface area (Å²) in [6.07, 6.45) is 1.35. The summed E-state index contributed by atoms with van der Waals surface area (Å²) < 4.78 is 38.0. The second-order valence-electron chi connectivity index (χ2n) is 8.41. The molecule has 0 atom stereocenters. The molecule has 0 radical (unpaired) electrons. The minimum Gasteiger partial charge on any atom is -0.497 e. The third kappa shape index (κ3) is 9.09. The van der Waals surface area contributed by atoms with Gasteiger partial charge in [0.15, 0.2) is 5.03 Å². The van der Waals surface area contributed by atoms with Gasteiger partial charge < -0.3 is 14.8 Å². The number of methoxy groups -OCH3 is 2. The van der Waals surface area contributed by atoms with Crippen LogP contribution in [0.5, 0.6) is 5.75 Å². The predicted octanol–water partition coefficient (Wildman–Crippen LogP) is 2.93. The summed E-state index contributed by atoms with van der Waals surface area (Å²) in [5.41, 5.74) is -0.316. The molecule has 0 aliphatic carbocycles. The van der Waals surface area contributed by atoms with Gasteiger partial charge in [-0.25, -0.2) is 18.5 Å². The van der Waals surface area contributed by atoms with Crippen molar-refractivity contribution in [1.82, 2.24) is 9.62 Å². The van der Waals surface area contributed by atoms with Crippen LogP contribution in [0.25, 0.3) is 0 Å². The van der Waals surface area contributed by atoms with Gasteiger partial charge >= 0.3 is 6.02 Å². The van der Waals surface area contributed by atoms with Crippen molar-refractivity contribution in [1.29, 1.82) is 0 Å². The first-order valence-electron chi connectivity index (χ1n) is 10.1. The summed E-state index contributed by atoms with van der Waals surface area (Å²) in [4.78, 5) is 10.7. The first-order valence-corrected chi connectivity index (χ1v) is 11.5. The molecule has 0 spiro atoms. The second-order valence-corrected chi connectivity index (χ2v) is 10.3. The van der Waals surface area contributed by atoms with Crippen molar-refractivity contribution in [2.24, 2.45) is 16.4 Å². The summed E-state index contributed by atoms with van der Waals surface area (Å²) in [5, 5.41) is 15.5. The Labute approximate surface area is 184 Å². The molecule has 1 aromatic carbocycles. The van der Waals surface area contributed by atoms with Crippen molar-refractivity contribution in [2.75, 3.05) is 33.9 Å². The van der Waals surface area contributed by atoms with Crippen LogP contribution in [0.15, 0.2) is 34.3 Å². The Bertz CT molecular complexity index is 838. The van der Waals surface area contributed by atoms with Gasteiger partial charge in [0.1, 0.15) is 10.9 Å². The number of hydrogen-bond acceptors (Lipinski definition) is 6. The van der Waals surface area contributed by atoms with Crippen LogP contribution >= 0.6 is 0 Å². The van der Waals surface area contributed by atoms with Crippen molar-refractivity contribution in [3.05, 3.63) is 34.4 Å². The van der Waals surface area contributed by atoms with E-state index in [0.717, 1.165) is 0 Å². The van der Waals surface area contributed by atoms with E-state index >= 15 is 0 Å². The minimum atomic E-state index is -3.67. The van der Waals surface area contributed by atoms with Crippen molar-refractivity contribution >= 4 is 16.0 Å². The van der Waals surface area contributed by atoms with E-state index in [0.29, 0.717) is 38.2 Å². The van der Waals surface area contributed by atoms with Crippen LogP contribution in [0.2, 0.25) is 0 Å². The standard InChI is InChI=1S/C20H34N4O6S/c1-16(2)14-23(31(27,28)18-10-8-17(29-5)9-11-18)15-20(3,4)12-7-13-21-19(30-6)22-24(25)26/h8-11,16H,7,12-15H2,1-6H3,(H,21,22). The van der Waals surface area contributed by atoms with E-state index in [4.69, 9.17) is 9.47 Å². The molecule has 31 heavy (non-hydrogen) atoms. The summed E-state index contributed by atoms with van der Waals surface area (Å²) in [6, 6.07) is 6.22. The van der Waals surface area contributed by atoms with Gasteiger partial charge in [-0.15, -0.1) is 0 Å². The van der Waals surface area contributed by atoms with Crippen molar-refractivity contribution in [2.45, 2.75) is 45.4 Å².